The summed E-state index contributed by atoms with van der Waals surface area (Å²) in [6.07, 6.45) is 0. The van der Waals surface area contributed by atoms with Crippen LogP contribution in [-0.4, -0.2) is 7.32 Å². The molecule has 0 aliphatic rings. The molecule has 7 nitrogen and oxygen atoms in total. The molecule has 61 valence electrons. The second kappa shape index (κ2) is 11.7. The smallest absolute Gasteiger partial charge is 0.907 e. The summed E-state index contributed by atoms with van der Waals surface area (Å²) in [7, 11) is -8.31. The molecule has 0 saturated carbocycles. The molecular formula is BO7PVY-3. The van der Waals surface area contributed by atoms with E-state index in [-0.39, 0.29) is 51.3 Å². The van der Waals surface area contributed by atoms with E-state index in [4.69, 9.17) is 34.3 Å². The van der Waals surface area contributed by atoms with E-state index in [0.29, 0.717) is 0 Å². The van der Waals surface area contributed by atoms with Gasteiger partial charge in [0.1, 0.15) is 0 Å². The number of phosphoric acid groups is 1. The van der Waals surface area contributed by atoms with Gasteiger partial charge in [0.2, 0.25) is 0 Å². The summed E-state index contributed by atoms with van der Waals surface area (Å²) >= 11 is 0. The molecule has 11 heavy (non-hydrogen) atoms. The topological polar surface area (TPSA) is 155 Å². The summed E-state index contributed by atoms with van der Waals surface area (Å²) in [6, 6.07) is 0. The van der Waals surface area contributed by atoms with Gasteiger partial charge in [0.15, 0.2) is 0 Å². The fraction of sp³-hybridized carbons (Fsp3) is 0. The molecule has 0 saturated heterocycles. The van der Waals surface area contributed by atoms with Crippen molar-refractivity contribution in [2.45, 2.75) is 0 Å². The van der Waals surface area contributed by atoms with Crippen LogP contribution in [0.1, 0.15) is 0 Å². The van der Waals surface area contributed by atoms with Crippen molar-refractivity contribution in [3.63, 3.8) is 0 Å². The van der Waals surface area contributed by atoms with E-state index in [1.54, 1.807) is 0 Å². The number of hydrogen-bond acceptors (Lipinski definition) is 7. The van der Waals surface area contributed by atoms with E-state index in [2.05, 4.69) is 0 Å². The van der Waals surface area contributed by atoms with Gasteiger partial charge in [0.05, 0.1) is 0 Å². The fourth-order valence-corrected chi connectivity index (χ4v) is 0. The van der Waals surface area contributed by atoms with Crippen LogP contribution >= 0.6 is 7.82 Å². The van der Waals surface area contributed by atoms with Crippen LogP contribution in [0.5, 0.6) is 0 Å². The Hall–Kier alpha value is 1.74. The van der Waals surface area contributed by atoms with Crippen molar-refractivity contribution in [2.75, 3.05) is 0 Å². The van der Waals surface area contributed by atoms with Gasteiger partial charge in [-0.3, -0.25) is 7.32 Å². The van der Waals surface area contributed by atoms with Crippen LogP contribution in [0.2, 0.25) is 0 Å². The average Bonchev–Trinajstić information content (AvgIpc) is 1.19. The second-order valence-electron chi connectivity index (χ2n) is 0.736. The van der Waals surface area contributed by atoms with Gasteiger partial charge in [0, 0.05) is 18.6 Å². The summed E-state index contributed by atoms with van der Waals surface area (Å²) in [5.41, 5.74) is 0. The van der Waals surface area contributed by atoms with Crippen molar-refractivity contribution >= 4 is 15.1 Å². The molecule has 0 rings (SSSR count). The maximum atomic E-state index is 8.55. The zero-order valence-electron chi connectivity index (χ0n) is 4.91. The minimum Gasteiger partial charge on any atom is -0.907 e. The summed E-state index contributed by atoms with van der Waals surface area (Å²) < 4.78 is 8.55. The predicted octanol–water partition coefficient (Wildman–Crippen LogP) is -6.78. The first kappa shape index (κ1) is 23.0. The van der Waals surface area contributed by atoms with Crippen molar-refractivity contribution in [2.24, 2.45) is 0 Å². The van der Waals surface area contributed by atoms with Crippen LogP contribution in [-0.2, 0) is 55.8 Å². The summed E-state index contributed by atoms with van der Waals surface area (Å²) in [5.74, 6) is 0. The third-order valence-corrected chi connectivity index (χ3v) is 0. The molecule has 0 spiro atoms. The maximum absolute atomic E-state index is 8.55. The minimum atomic E-state index is -5.39. The Labute approximate surface area is 100 Å². The Morgan fingerprint density at radius 1 is 1.00 bits per heavy atom. The molecule has 0 aliphatic heterocycles. The van der Waals surface area contributed by atoms with Crippen molar-refractivity contribution in [3.8, 4) is 0 Å². The van der Waals surface area contributed by atoms with Gasteiger partial charge < -0.3 is 34.3 Å². The fourth-order valence-electron chi connectivity index (χ4n) is 0. The molecule has 0 heterocycles. The Morgan fingerprint density at radius 3 is 1.00 bits per heavy atom. The zero-order chi connectivity index (χ0) is 8.08. The molecule has 0 aromatic carbocycles. The van der Waals surface area contributed by atoms with Gasteiger partial charge in [-0.1, -0.05) is 0 Å². The van der Waals surface area contributed by atoms with E-state index in [1.807, 2.05) is 0 Å². The second-order valence-corrected chi connectivity index (χ2v) is 1.63. The molecule has 11 heteroatoms. The molecule has 0 aliphatic carbocycles. The first-order chi connectivity index (χ1) is 3.73. The van der Waals surface area contributed by atoms with E-state index in [1.165, 1.54) is 0 Å². The molecule has 0 amide bonds. The number of hydrogen-bond donors (Lipinski definition) is 0. The van der Waals surface area contributed by atoms with Gasteiger partial charge in [-0.15, -0.1) is 0 Å². The molecule has 0 N–H and O–H groups in total. The van der Waals surface area contributed by atoms with Crippen molar-refractivity contribution in [1.29, 1.82) is 0 Å². The molecule has 0 atom stereocenters. The predicted molar refractivity (Wildman–Crippen MR) is 13.4 cm³/mol. The van der Waals surface area contributed by atoms with Gasteiger partial charge in [-0.2, -0.15) is 7.82 Å². The van der Waals surface area contributed by atoms with Crippen LogP contribution in [0.3, 0.4) is 0 Å². The number of rotatable bonds is 0. The molecule has 0 fully saturated rings. The molecule has 0 unspecified atom stereocenters. The largest absolute Gasteiger partial charge is 3.00 e. The Kier molecular flexibility index (Phi) is 24.5. The molecule has 0 aromatic rings. The monoisotopic (exact) mass is 294 g/mol. The van der Waals surface area contributed by atoms with Gasteiger partial charge in [-0.05, 0) is 0 Å². The van der Waals surface area contributed by atoms with Gasteiger partial charge in [-0.25, -0.2) is 0 Å². The van der Waals surface area contributed by atoms with Gasteiger partial charge in [0.25, 0.3) is 0 Å². The third-order valence-electron chi connectivity index (χ3n) is 0. The van der Waals surface area contributed by atoms with Crippen LogP contribution in [0, 0.1) is 0 Å². The van der Waals surface area contributed by atoms with E-state index in [0.717, 1.165) is 0 Å². The minimum absolute atomic E-state index is 0. The summed E-state index contributed by atoms with van der Waals surface area (Å²) in [5, 5.41) is 25.2. The molecule has 1 radical (unpaired) electrons. The van der Waals surface area contributed by atoms with E-state index >= 15 is 0 Å². The first-order valence-corrected chi connectivity index (χ1v) is 2.90. The normalized spacial score (nSPS) is 7.82. The average molecular weight is 294 g/mol. The summed E-state index contributed by atoms with van der Waals surface area (Å²) in [4.78, 5) is 25.6. The van der Waals surface area contributed by atoms with Crippen LogP contribution < -0.4 is 29.8 Å². The van der Waals surface area contributed by atoms with Crippen molar-refractivity contribution in [3.05, 3.63) is 0 Å². The SMILES string of the molecule is O=P([O-])([O-])[O-].[O-]B([O-])[O-].[V].[Y+3]. The van der Waals surface area contributed by atoms with Crippen LogP contribution in [0.15, 0.2) is 0 Å². The quantitative estimate of drug-likeness (QED) is 0.317. The van der Waals surface area contributed by atoms with Gasteiger partial charge >= 0.3 is 32.7 Å². The standard InChI is InChI=1S/BO3.H3O4P.V.Y/c2-1(3)4;1-5(2,3)4;;/h;(H3,1,2,3,4);;/q-3;;;+3/p-3. The summed E-state index contributed by atoms with van der Waals surface area (Å²) in [6.45, 7) is 0. The third kappa shape index (κ3) is 367. The van der Waals surface area contributed by atoms with Crippen LogP contribution in [0.4, 0.5) is 0 Å². The van der Waals surface area contributed by atoms with Crippen molar-refractivity contribution in [1.82, 2.24) is 0 Å². The Morgan fingerprint density at radius 2 is 1.00 bits per heavy atom. The van der Waals surface area contributed by atoms with Crippen LogP contribution in [0.25, 0.3) is 0 Å². The maximum Gasteiger partial charge on any atom is 3.00 e. The van der Waals surface area contributed by atoms with Crippen molar-refractivity contribution < 1.29 is 85.6 Å². The molecule has 0 bridgehead atoms. The molecular weight excluding hydrogens is 294 g/mol. The Bertz CT molecular complexity index is 89.6. The van der Waals surface area contributed by atoms with E-state index in [9.17, 15) is 0 Å². The first-order valence-electron chi connectivity index (χ1n) is 1.44. The Balaban J connectivity index is -0.0000000383. The van der Waals surface area contributed by atoms with E-state index < -0.39 is 15.1 Å². The zero-order valence-corrected chi connectivity index (χ0v) is 10.0. The molecule has 0 aromatic heterocycles.